The van der Waals surface area contributed by atoms with Crippen molar-refractivity contribution in [1.82, 2.24) is 9.80 Å². The Morgan fingerprint density at radius 2 is 2.20 bits per heavy atom. The van der Waals surface area contributed by atoms with Crippen LogP contribution in [-0.4, -0.2) is 48.6 Å². The molecule has 0 aromatic carbocycles. The van der Waals surface area contributed by atoms with Crippen LogP contribution in [0.5, 0.6) is 0 Å². The molecule has 0 aromatic rings. The molecule has 0 saturated heterocycles. The molecule has 0 radical (unpaired) electrons. The van der Waals surface area contributed by atoms with Crippen LogP contribution in [-0.2, 0) is 0 Å². The number of aliphatic hydroxyl groups excluding tert-OH is 1. The van der Waals surface area contributed by atoms with Crippen molar-refractivity contribution in [2.24, 2.45) is 11.8 Å². The van der Waals surface area contributed by atoms with E-state index in [9.17, 15) is 0 Å². The molecular weight excluding hydrogens is 316 g/mol. The van der Waals surface area contributed by atoms with Gasteiger partial charge in [0.15, 0.2) is 0 Å². The van der Waals surface area contributed by atoms with Gasteiger partial charge in [0.2, 0.25) is 0 Å². The van der Waals surface area contributed by atoms with Crippen molar-refractivity contribution in [2.75, 3.05) is 27.7 Å². The molecule has 4 heteroatoms. The van der Waals surface area contributed by atoms with E-state index in [1.807, 2.05) is 6.08 Å². The maximum Gasteiger partial charge on any atom is 0.0758 e. The lowest BCUT2D eigenvalue weighted by Crippen LogP contribution is -2.36. The normalized spacial score (nSPS) is 28.4. The van der Waals surface area contributed by atoms with Gasteiger partial charge in [0, 0.05) is 29.7 Å². The quantitative estimate of drug-likeness (QED) is 0.622. The Morgan fingerprint density at radius 1 is 1.50 bits per heavy atom. The minimum atomic E-state index is 0.229. The summed E-state index contributed by atoms with van der Waals surface area (Å²) in [6, 6.07) is 0.342. The molecule has 1 aliphatic heterocycles. The van der Waals surface area contributed by atoms with E-state index in [1.54, 1.807) is 0 Å². The molecule has 0 fully saturated rings. The summed E-state index contributed by atoms with van der Waals surface area (Å²) in [6.07, 6.45) is 11.8. The number of rotatable bonds is 4. The number of hydrogen-bond acceptors (Lipinski definition) is 3. The molecule has 0 bridgehead atoms. The average molecular weight is 343 g/mol. The van der Waals surface area contributed by atoms with Gasteiger partial charge in [-0.2, -0.15) is 0 Å². The number of nitrogens with zero attached hydrogens (tertiary/aromatic N) is 2. The second kappa shape index (κ2) is 8.53. The number of halogens is 1. The van der Waals surface area contributed by atoms with Gasteiger partial charge in [-0.05, 0) is 45.5 Å². The van der Waals surface area contributed by atoms with Crippen molar-refractivity contribution in [1.29, 1.82) is 0 Å². The van der Waals surface area contributed by atoms with Crippen LogP contribution >= 0.6 is 15.9 Å². The van der Waals surface area contributed by atoms with E-state index in [4.69, 9.17) is 5.11 Å². The summed E-state index contributed by atoms with van der Waals surface area (Å²) in [7, 11) is 6.30. The van der Waals surface area contributed by atoms with Gasteiger partial charge in [0.1, 0.15) is 0 Å². The highest BCUT2D eigenvalue weighted by Gasteiger charge is 2.22. The smallest absolute Gasteiger partial charge is 0.0758 e. The summed E-state index contributed by atoms with van der Waals surface area (Å²) in [4.78, 5) is 4.47. The van der Waals surface area contributed by atoms with Gasteiger partial charge in [0.05, 0.1) is 6.26 Å². The third-order valence-electron chi connectivity index (χ3n) is 3.79. The zero-order valence-corrected chi connectivity index (χ0v) is 14.5. The lowest BCUT2D eigenvalue weighted by Gasteiger charge is -2.32. The molecular formula is C16H27BrN2O. The van der Waals surface area contributed by atoms with Gasteiger partial charge in [-0.25, -0.2) is 0 Å². The molecule has 0 aromatic heterocycles. The number of aliphatic hydroxyl groups is 1. The van der Waals surface area contributed by atoms with Crippen molar-refractivity contribution in [2.45, 2.75) is 25.8 Å². The Bertz CT molecular complexity index is 377. The highest BCUT2D eigenvalue weighted by molar-refractivity contribution is 9.11. The second-order valence-electron chi connectivity index (χ2n) is 5.82. The van der Waals surface area contributed by atoms with Gasteiger partial charge in [0.25, 0.3) is 0 Å². The number of hydrogen-bond donors (Lipinski definition) is 1. The molecule has 1 aliphatic rings. The maximum atomic E-state index is 9.17. The fourth-order valence-corrected chi connectivity index (χ4v) is 2.96. The first-order valence-corrected chi connectivity index (χ1v) is 7.96. The molecule has 0 aliphatic carbocycles. The Balaban J connectivity index is 2.99. The summed E-state index contributed by atoms with van der Waals surface area (Å²) in [5.74, 6) is 0.715. The van der Waals surface area contributed by atoms with Crippen molar-refractivity contribution >= 4 is 15.9 Å². The molecule has 1 N–H and O–H groups in total. The molecule has 0 spiro atoms. The molecule has 1 heterocycles. The lowest BCUT2D eigenvalue weighted by molar-refractivity contribution is 0.245. The van der Waals surface area contributed by atoms with Gasteiger partial charge < -0.3 is 14.9 Å². The summed E-state index contributed by atoms with van der Waals surface area (Å²) < 4.78 is 1.23. The van der Waals surface area contributed by atoms with Crippen molar-refractivity contribution in [3.63, 3.8) is 0 Å². The molecule has 1 rings (SSSR count). The van der Waals surface area contributed by atoms with Gasteiger partial charge in [-0.3, -0.25) is 0 Å². The fraction of sp³-hybridized carbons (Fsp3) is 0.625. The van der Waals surface area contributed by atoms with Crippen molar-refractivity contribution in [3.05, 3.63) is 35.2 Å². The van der Waals surface area contributed by atoms with Gasteiger partial charge in [-0.15, -0.1) is 0 Å². The minimum absolute atomic E-state index is 0.229. The van der Waals surface area contributed by atoms with Crippen LogP contribution in [0.1, 0.15) is 19.8 Å². The van der Waals surface area contributed by atoms with E-state index in [2.05, 4.69) is 72.1 Å². The Morgan fingerprint density at radius 3 is 2.80 bits per heavy atom. The first kappa shape index (κ1) is 17.3. The van der Waals surface area contributed by atoms with Crippen LogP contribution in [0.15, 0.2) is 35.2 Å². The first-order chi connectivity index (χ1) is 9.45. The third kappa shape index (κ3) is 5.33. The standard InChI is InChI=1S/C16H27BrN2O/c1-13-6-5-7-14(9-11-20)16(8-10-18(2)3)19(4)12-15(13)17/h5,7,9,11-14,16,20H,6,8,10H2,1-4H3/b7-5?,11-9+,15-12?. The molecule has 0 amide bonds. The van der Waals surface area contributed by atoms with E-state index in [0.717, 1.165) is 19.4 Å². The van der Waals surface area contributed by atoms with Gasteiger partial charge >= 0.3 is 0 Å². The van der Waals surface area contributed by atoms with E-state index >= 15 is 0 Å². The van der Waals surface area contributed by atoms with E-state index < -0.39 is 0 Å². The largest absolute Gasteiger partial charge is 0.516 e. The summed E-state index contributed by atoms with van der Waals surface area (Å²) in [5, 5.41) is 9.17. The Hall–Kier alpha value is -0.740. The first-order valence-electron chi connectivity index (χ1n) is 7.17. The van der Waals surface area contributed by atoms with Gasteiger partial charge in [-0.1, -0.05) is 35.0 Å². The molecule has 20 heavy (non-hydrogen) atoms. The molecule has 3 unspecified atom stereocenters. The van der Waals surface area contributed by atoms with Crippen LogP contribution in [0.2, 0.25) is 0 Å². The van der Waals surface area contributed by atoms with Crippen LogP contribution in [0.25, 0.3) is 0 Å². The zero-order chi connectivity index (χ0) is 15.1. The number of allylic oxidation sites excluding steroid dienone is 2. The van der Waals surface area contributed by atoms with Crippen LogP contribution in [0.3, 0.4) is 0 Å². The minimum Gasteiger partial charge on any atom is -0.516 e. The van der Waals surface area contributed by atoms with Crippen LogP contribution < -0.4 is 0 Å². The summed E-state index contributed by atoms with van der Waals surface area (Å²) >= 11 is 3.69. The van der Waals surface area contributed by atoms with E-state index in [0.29, 0.717) is 12.0 Å². The fourth-order valence-electron chi connectivity index (χ4n) is 2.45. The third-order valence-corrected chi connectivity index (χ3v) is 4.78. The summed E-state index contributed by atoms with van der Waals surface area (Å²) in [6.45, 7) is 3.25. The van der Waals surface area contributed by atoms with Crippen molar-refractivity contribution in [3.8, 4) is 0 Å². The highest BCUT2D eigenvalue weighted by Crippen LogP contribution is 2.27. The van der Waals surface area contributed by atoms with Crippen LogP contribution in [0, 0.1) is 11.8 Å². The summed E-state index contributed by atoms with van der Waals surface area (Å²) in [5.41, 5.74) is 0. The maximum absolute atomic E-state index is 9.17. The predicted octanol–water partition coefficient (Wildman–Crippen LogP) is 3.76. The Kier molecular flexibility index (Phi) is 7.38. The average Bonchev–Trinajstić information content (AvgIpc) is 2.41. The molecule has 3 nitrogen and oxygen atoms in total. The second-order valence-corrected chi connectivity index (χ2v) is 6.74. The van der Waals surface area contributed by atoms with E-state index in [1.165, 1.54) is 10.7 Å². The molecule has 3 atom stereocenters. The molecule has 0 saturated carbocycles. The lowest BCUT2D eigenvalue weighted by atomic mass is 9.94. The van der Waals surface area contributed by atoms with E-state index in [-0.39, 0.29) is 5.92 Å². The molecule has 114 valence electrons. The van der Waals surface area contributed by atoms with Crippen molar-refractivity contribution < 1.29 is 5.11 Å². The topological polar surface area (TPSA) is 26.7 Å². The zero-order valence-electron chi connectivity index (χ0n) is 13.0. The SMILES string of the molecule is CC1CC=CC(/C=C/O)C(CCN(C)C)N(C)C=C1Br. The van der Waals surface area contributed by atoms with Crippen LogP contribution in [0.4, 0.5) is 0 Å². The highest BCUT2D eigenvalue weighted by atomic mass is 79.9. The predicted molar refractivity (Wildman–Crippen MR) is 89.9 cm³/mol. The Labute approximate surface area is 131 Å². The monoisotopic (exact) mass is 342 g/mol.